The molecule has 7 nitrogen and oxygen atoms in total. The zero-order valence-electron chi connectivity index (χ0n) is 12.9. The molecule has 1 saturated carbocycles. The molecule has 0 bridgehead atoms. The van der Waals surface area contributed by atoms with E-state index in [1.54, 1.807) is 0 Å². The third-order valence-corrected chi connectivity index (χ3v) is 6.75. The number of carbonyl (C=O) groups is 2. The molecule has 1 heterocycles. The predicted molar refractivity (Wildman–Crippen MR) is 80.7 cm³/mol. The van der Waals surface area contributed by atoms with Gasteiger partial charge in [0.15, 0.2) is 0 Å². The molecule has 0 aromatic rings. The third kappa shape index (κ3) is 3.60. The lowest BCUT2D eigenvalue weighted by molar-refractivity contribution is -0.149. The van der Waals surface area contributed by atoms with Crippen molar-refractivity contribution in [2.45, 2.75) is 51.0 Å². The van der Waals surface area contributed by atoms with Gasteiger partial charge in [0.1, 0.15) is 5.54 Å². The topological polar surface area (TPSA) is 104 Å². The molecule has 126 valence electrons. The number of rotatable bonds is 5. The van der Waals surface area contributed by atoms with Crippen LogP contribution in [0.25, 0.3) is 0 Å². The van der Waals surface area contributed by atoms with Crippen molar-refractivity contribution in [1.29, 1.82) is 0 Å². The third-order valence-electron chi connectivity index (χ3n) is 4.85. The summed E-state index contributed by atoms with van der Waals surface area (Å²) in [5.74, 6) is -0.992. The van der Waals surface area contributed by atoms with E-state index in [9.17, 15) is 23.1 Å². The molecule has 0 spiro atoms. The Hall–Kier alpha value is -1.15. The number of aliphatic carboxylic acids is 1. The van der Waals surface area contributed by atoms with Crippen molar-refractivity contribution in [3.05, 3.63) is 0 Å². The Balaban J connectivity index is 2.00. The lowest BCUT2D eigenvalue weighted by Gasteiger charge is -2.37. The van der Waals surface area contributed by atoms with E-state index in [4.69, 9.17) is 0 Å². The Morgan fingerprint density at radius 2 is 1.95 bits per heavy atom. The van der Waals surface area contributed by atoms with Crippen LogP contribution in [0, 0.1) is 5.92 Å². The Kier molecular flexibility index (Phi) is 5.11. The number of amides is 1. The van der Waals surface area contributed by atoms with Crippen molar-refractivity contribution in [2.75, 3.05) is 18.8 Å². The molecule has 1 aliphatic carbocycles. The molecule has 0 aromatic heterocycles. The summed E-state index contributed by atoms with van der Waals surface area (Å²) in [6, 6.07) is 0. The highest BCUT2D eigenvalue weighted by Gasteiger charge is 2.43. The highest BCUT2D eigenvalue weighted by atomic mass is 32.2. The van der Waals surface area contributed by atoms with Gasteiger partial charge in [-0.25, -0.2) is 13.2 Å². The zero-order chi connectivity index (χ0) is 16.4. The molecule has 2 aliphatic rings. The maximum absolute atomic E-state index is 12.1. The average molecular weight is 332 g/mol. The van der Waals surface area contributed by atoms with Gasteiger partial charge in [0, 0.05) is 6.54 Å². The van der Waals surface area contributed by atoms with Crippen molar-refractivity contribution < 1.29 is 23.1 Å². The van der Waals surface area contributed by atoms with Gasteiger partial charge >= 0.3 is 5.97 Å². The highest BCUT2D eigenvalue weighted by molar-refractivity contribution is 7.89. The van der Waals surface area contributed by atoms with Gasteiger partial charge in [-0.1, -0.05) is 13.3 Å². The van der Waals surface area contributed by atoms with Crippen LogP contribution in [0.1, 0.15) is 45.4 Å². The first kappa shape index (κ1) is 17.2. The molecule has 2 N–H and O–H groups in total. The van der Waals surface area contributed by atoms with E-state index in [-0.39, 0.29) is 12.3 Å². The number of hydrogen-bond donors (Lipinski definition) is 2. The maximum atomic E-state index is 12.1. The fourth-order valence-electron chi connectivity index (χ4n) is 3.31. The Bertz CT molecular complexity index is 537. The predicted octanol–water partition coefficient (Wildman–Crippen LogP) is 0.562. The molecule has 0 unspecified atom stereocenters. The van der Waals surface area contributed by atoms with Gasteiger partial charge in [0.2, 0.25) is 15.9 Å². The summed E-state index contributed by atoms with van der Waals surface area (Å²) in [5.41, 5.74) is -1.24. The van der Waals surface area contributed by atoms with Gasteiger partial charge < -0.3 is 10.4 Å². The van der Waals surface area contributed by atoms with Crippen LogP contribution in [0.2, 0.25) is 0 Å². The van der Waals surface area contributed by atoms with Crippen molar-refractivity contribution in [3.8, 4) is 0 Å². The van der Waals surface area contributed by atoms with Crippen molar-refractivity contribution in [2.24, 2.45) is 5.92 Å². The molecule has 1 aliphatic heterocycles. The number of nitrogens with one attached hydrogen (secondary N) is 1. The Labute approximate surface area is 131 Å². The lowest BCUT2D eigenvalue weighted by Crippen LogP contribution is -2.58. The minimum Gasteiger partial charge on any atom is -0.480 e. The molecule has 2 rings (SSSR count). The first-order valence-corrected chi connectivity index (χ1v) is 9.42. The van der Waals surface area contributed by atoms with Crippen LogP contribution in [0.15, 0.2) is 0 Å². The molecule has 0 atom stereocenters. The van der Waals surface area contributed by atoms with E-state index in [1.807, 2.05) is 0 Å². The summed E-state index contributed by atoms with van der Waals surface area (Å²) in [7, 11) is -3.35. The summed E-state index contributed by atoms with van der Waals surface area (Å²) in [6.07, 6.45) is 3.86. The van der Waals surface area contributed by atoms with E-state index >= 15 is 0 Å². The van der Waals surface area contributed by atoms with Crippen molar-refractivity contribution in [1.82, 2.24) is 9.62 Å². The second kappa shape index (κ2) is 6.54. The van der Waals surface area contributed by atoms with Crippen LogP contribution in [-0.4, -0.2) is 54.1 Å². The SMILES string of the molecule is CCC1CCC(NC(=O)CN2CCCS2(=O)=O)(C(=O)O)CC1. The van der Waals surface area contributed by atoms with E-state index in [1.165, 1.54) is 0 Å². The summed E-state index contributed by atoms with van der Waals surface area (Å²) in [4.78, 5) is 23.8. The molecule has 1 saturated heterocycles. The number of nitrogens with zero attached hydrogens (tertiary/aromatic N) is 1. The molecular weight excluding hydrogens is 308 g/mol. The largest absolute Gasteiger partial charge is 0.480 e. The highest BCUT2D eigenvalue weighted by Crippen LogP contribution is 2.34. The lowest BCUT2D eigenvalue weighted by atomic mass is 9.75. The Morgan fingerprint density at radius 3 is 2.41 bits per heavy atom. The first-order valence-electron chi connectivity index (χ1n) is 7.81. The molecular formula is C14H24N2O5S. The second-order valence-electron chi connectivity index (χ2n) is 6.29. The second-order valence-corrected chi connectivity index (χ2v) is 8.38. The number of carbonyl (C=O) groups excluding carboxylic acids is 1. The monoisotopic (exact) mass is 332 g/mol. The van der Waals surface area contributed by atoms with Gasteiger partial charge in [-0.2, -0.15) is 4.31 Å². The van der Waals surface area contributed by atoms with Gasteiger partial charge in [-0.05, 0) is 38.0 Å². The van der Waals surface area contributed by atoms with E-state index in [2.05, 4.69) is 12.2 Å². The van der Waals surface area contributed by atoms with E-state index in [0.29, 0.717) is 31.7 Å². The summed E-state index contributed by atoms with van der Waals surface area (Å²) < 4.78 is 24.6. The zero-order valence-corrected chi connectivity index (χ0v) is 13.7. The van der Waals surface area contributed by atoms with Gasteiger partial charge in [-0.3, -0.25) is 4.79 Å². The van der Waals surface area contributed by atoms with Crippen molar-refractivity contribution >= 4 is 21.9 Å². The van der Waals surface area contributed by atoms with Crippen LogP contribution in [0.5, 0.6) is 0 Å². The first-order chi connectivity index (χ1) is 10.3. The summed E-state index contributed by atoms with van der Waals surface area (Å²) >= 11 is 0. The van der Waals surface area contributed by atoms with Crippen LogP contribution < -0.4 is 5.32 Å². The van der Waals surface area contributed by atoms with Gasteiger partial charge in [0.05, 0.1) is 12.3 Å². The number of hydrogen-bond acceptors (Lipinski definition) is 4. The van der Waals surface area contributed by atoms with Gasteiger partial charge in [0.25, 0.3) is 0 Å². The number of carboxylic acid groups (broad SMARTS) is 1. The van der Waals surface area contributed by atoms with Crippen LogP contribution in [0.4, 0.5) is 0 Å². The standard InChI is InChI=1S/C14H24N2O5S/c1-2-11-4-6-14(7-5-11,13(18)19)15-12(17)10-16-8-3-9-22(16,20)21/h11H,2-10H2,1H3,(H,15,17)(H,18,19). The van der Waals surface area contributed by atoms with Crippen LogP contribution in [0.3, 0.4) is 0 Å². The Morgan fingerprint density at radius 1 is 1.32 bits per heavy atom. The summed E-state index contributed by atoms with van der Waals surface area (Å²) in [6.45, 7) is 2.12. The minimum atomic E-state index is -3.35. The molecule has 1 amide bonds. The minimum absolute atomic E-state index is 0.0581. The average Bonchev–Trinajstić information content (AvgIpc) is 2.78. The molecule has 0 radical (unpaired) electrons. The fraction of sp³-hybridized carbons (Fsp3) is 0.857. The fourth-order valence-corrected chi connectivity index (χ4v) is 4.78. The molecule has 8 heteroatoms. The van der Waals surface area contributed by atoms with Crippen LogP contribution >= 0.6 is 0 Å². The van der Waals surface area contributed by atoms with E-state index < -0.39 is 27.4 Å². The quantitative estimate of drug-likeness (QED) is 0.765. The maximum Gasteiger partial charge on any atom is 0.329 e. The number of carboxylic acids is 1. The normalized spacial score (nSPS) is 31.8. The molecule has 2 fully saturated rings. The van der Waals surface area contributed by atoms with Crippen LogP contribution in [-0.2, 0) is 19.6 Å². The molecule has 22 heavy (non-hydrogen) atoms. The summed E-state index contributed by atoms with van der Waals surface area (Å²) in [5, 5.41) is 12.1. The van der Waals surface area contributed by atoms with Gasteiger partial charge in [-0.15, -0.1) is 0 Å². The number of sulfonamides is 1. The van der Waals surface area contributed by atoms with E-state index in [0.717, 1.165) is 23.6 Å². The smallest absolute Gasteiger partial charge is 0.329 e. The van der Waals surface area contributed by atoms with Crippen molar-refractivity contribution in [3.63, 3.8) is 0 Å². The molecule has 0 aromatic carbocycles.